The van der Waals surface area contributed by atoms with Gasteiger partial charge < -0.3 is 10.2 Å². The molecule has 150 valence electrons. The molecule has 1 aromatic carbocycles. The predicted octanol–water partition coefficient (Wildman–Crippen LogP) is 4.39. The summed E-state index contributed by atoms with van der Waals surface area (Å²) >= 11 is 1.49. The average molecular weight is 417 g/mol. The van der Waals surface area contributed by atoms with Crippen LogP contribution in [0.3, 0.4) is 0 Å². The third-order valence-corrected chi connectivity index (χ3v) is 6.00. The number of pyridine rings is 2. The number of anilines is 2. The second-order valence-electron chi connectivity index (χ2n) is 7.28. The van der Waals surface area contributed by atoms with Gasteiger partial charge in [-0.2, -0.15) is 0 Å². The Bertz CT molecular complexity index is 1190. The minimum Gasteiger partial charge on any atom is -0.357 e. The lowest BCUT2D eigenvalue weighted by molar-refractivity contribution is 0.102. The molecule has 0 radical (unpaired) electrons. The first-order valence-corrected chi connectivity index (χ1v) is 10.8. The molecule has 1 fully saturated rings. The number of rotatable bonds is 4. The van der Waals surface area contributed by atoms with E-state index in [4.69, 9.17) is 0 Å². The largest absolute Gasteiger partial charge is 0.357 e. The number of hydrogen-bond acceptors (Lipinski definition) is 7. The summed E-state index contributed by atoms with van der Waals surface area (Å²) in [6.07, 6.45) is 7.04. The summed E-state index contributed by atoms with van der Waals surface area (Å²) in [5.74, 6) is 1.18. The number of aromatic nitrogens is 4. The lowest BCUT2D eigenvalue weighted by atomic mass is 10.1. The number of amides is 1. The molecule has 30 heavy (non-hydrogen) atoms. The Morgan fingerprint density at radius 2 is 1.90 bits per heavy atom. The number of nitrogens with one attached hydrogen (secondary N) is 1. The Balaban J connectivity index is 1.37. The van der Waals surface area contributed by atoms with Crippen LogP contribution in [0.4, 0.5) is 11.6 Å². The van der Waals surface area contributed by atoms with Crippen LogP contribution in [0, 0.1) is 0 Å². The van der Waals surface area contributed by atoms with Crippen LogP contribution in [0.1, 0.15) is 29.6 Å². The highest BCUT2D eigenvalue weighted by molar-refractivity contribution is 7.12. The molecule has 7 nitrogen and oxygen atoms in total. The molecule has 1 N–H and O–H groups in total. The number of carbonyl (C=O) groups is 1. The van der Waals surface area contributed by atoms with Crippen molar-refractivity contribution < 1.29 is 4.79 Å². The number of nitrogens with zero attached hydrogens (tertiary/aromatic N) is 5. The van der Waals surface area contributed by atoms with Gasteiger partial charge in [-0.3, -0.25) is 4.79 Å². The molecule has 0 atom stereocenters. The van der Waals surface area contributed by atoms with Crippen molar-refractivity contribution in [1.82, 2.24) is 20.2 Å². The topological polar surface area (TPSA) is 83.9 Å². The van der Waals surface area contributed by atoms with E-state index in [1.54, 1.807) is 24.0 Å². The van der Waals surface area contributed by atoms with Crippen molar-refractivity contribution >= 4 is 39.7 Å². The standard InChI is InChI=1S/C22H20N6OS/c29-21(15-6-7-23-20(12-15)28-8-2-1-3-9-28)26-19-11-18-10-16(22-27-25-14-30-22)4-5-17(18)13-24-19/h4-7,10-14H,1-3,8-9H2,(H,24,26,29). The SMILES string of the molecule is O=C(Nc1cc2cc(-c3nncs3)ccc2cn1)c1ccnc(N2CCCCC2)c1. The first-order chi connectivity index (χ1) is 14.8. The van der Waals surface area contributed by atoms with Gasteiger partial charge in [-0.05, 0) is 48.9 Å². The molecule has 0 spiro atoms. The Morgan fingerprint density at radius 3 is 2.73 bits per heavy atom. The summed E-state index contributed by atoms with van der Waals surface area (Å²) in [7, 11) is 0. The Labute approximate surface area is 177 Å². The summed E-state index contributed by atoms with van der Waals surface area (Å²) in [5.41, 5.74) is 3.29. The maximum atomic E-state index is 12.8. The molecule has 4 aromatic rings. The van der Waals surface area contributed by atoms with Crippen molar-refractivity contribution in [3.8, 4) is 10.6 Å². The monoisotopic (exact) mass is 416 g/mol. The van der Waals surface area contributed by atoms with Gasteiger partial charge in [0.2, 0.25) is 0 Å². The van der Waals surface area contributed by atoms with E-state index in [2.05, 4.69) is 30.4 Å². The van der Waals surface area contributed by atoms with Crippen LogP contribution in [0.2, 0.25) is 0 Å². The minimum absolute atomic E-state index is 0.192. The van der Waals surface area contributed by atoms with Crippen LogP contribution in [-0.4, -0.2) is 39.2 Å². The van der Waals surface area contributed by atoms with Crippen LogP contribution < -0.4 is 10.2 Å². The van der Waals surface area contributed by atoms with Gasteiger partial charge in [0.1, 0.15) is 22.2 Å². The molecule has 1 aliphatic heterocycles. The molecule has 0 saturated carbocycles. The number of carbonyl (C=O) groups excluding carboxylic acids is 1. The summed E-state index contributed by atoms with van der Waals surface area (Å²) in [5, 5.41) is 13.8. The lowest BCUT2D eigenvalue weighted by Crippen LogP contribution is -2.30. The summed E-state index contributed by atoms with van der Waals surface area (Å²) in [6, 6.07) is 11.5. The normalized spacial score (nSPS) is 14.1. The molecule has 0 unspecified atom stereocenters. The molecule has 4 heterocycles. The van der Waals surface area contributed by atoms with E-state index in [-0.39, 0.29) is 5.91 Å². The van der Waals surface area contributed by atoms with Gasteiger partial charge in [-0.25, -0.2) is 9.97 Å². The van der Waals surface area contributed by atoms with Gasteiger partial charge in [-0.15, -0.1) is 10.2 Å². The maximum Gasteiger partial charge on any atom is 0.257 e. The van der Waals surface area contributed by atoms with Crippen molar-refractivity contribution in [2.24, 2.45) is 0 Å². The van der Waals surface area contributed by atoms with Crippen LogP contribution in [0.25, 0.3) is 21.3 Å². The first kappa shape index (κ1) is 18.6. The fourth-order valence-electron chi connectivity index (χ4n) is 3.69. The smallest absolute Gasteiger partial charge is 0.257 e. The van der Waals surface area contributed by atoms with Gasteiger partial charge in [0, 0.05) is 42.0 Å². The minimum atomic E-state index is -0.192. The van der Waals surface area contributed by atoms with Crippen LogP contribution >= 0.6 is 11.3 Å². The quantitative estimate of drug-likeness (QED) is 0.531. The van der Waals surface area contributed by atoms with Gasteiger partial charge >= 0.3 is 0 Å². The van der Waals surface area contributed by atoms with E-state index >= 15 is 0 Å². The number of benzene rings is 1. The second kappa shape index (κ2) is 8.16. The van der Waals surface area contributed by atoms with Gasteiger partial charge in [-0.1, -0.05) is 23.5 Å². The van der Waals surface area contributed by atoms with Crippen molar-refractivity contribution in [3.63, 3.8) is 0 Å². The summed E-state index contributed by atoms with van der Waals surface area (Å²) in [4.78, 5) is 23.9. The Morgan fingerprint density at radius 1 is 1.00 bits per heavy atom. The van der Waals surface area contributed by atoms with Crippen molar-refractivity contribution in [3.05, 3.63) is 59.9 Å². The highest BCUT2D eigenvalue weighted by atomic mass is 32.1. The van der Waals surface area contributed by atoms with Crippen molar-refractivity contribution in [1.29, 1.82) is 0 Å². The van der Waals surface area contributed by atoms with E-state index in [1.165, 1.54) is 17.8 Å². The van der Waals surface area contributed by atoms with E-state index in [0.29, 0.717) is 11.4 Å². The van der Waals surface area contributed by atoms with Crippen molar-refractivity contribution in [2.75, 3.05) is 23.3 Å². The fourth-order valence-corrected chi connectivity index (χ4v) is 4.24. The third-order valence-electron chi connectivity index (χ3n) is 5.26. The highest BCUT2D eigenvalue weighted by Gasteiger charge is 2.15. The van der Waals surface area contributed by atoms with Gasteiger partial charge in [0.15, 0.2) is 0 Å². The Hall–Kier alpha value is -3.39. The van der Waals surface area contributed by atoms with E-state index in [9.17, 15) is 4.79 Å². The number of hydrogen-bond donors (Lipinski definition) is 1. The number of piperidine rings is 1. The molecule has 1 saturated heterocycles. The van der Waals surface area contributed by atoms with Gasteiger partial charge in [0.25, 0.3) is 5.91 Å². The van der Waals surface area contributed by atoms with E-state index in [0.717, 1.165) is 53.1 Å². The molecule has 5 rings (SSSR count). The lowest BCUT2D eigenvalue weighted by Gasteiger charge is -2.27. The zero-order valence-corrected chi connectivity index (χ0v) is 17.1. The predicted molar refractivity (Wildman–Crippen MR) is 119 cm³/mol. The van der Waals surface area contributed by atoms with E-state index in [1.807, 2.05) is 30.3 Å². The van der Waals surface area contributed by atoms with Crippen LogP contribution in [0.5, 0.6) is 0 Å². The highest BCUT2D eigenvalue weighted by Crippen LogP contribution is 2.26. The summed E-state index contributed by atoms with van der Waals surface area (Å²) in [6.45, 7) is 1.97. The van der Waals surface area contributed by atoms with Gasteiger partial charge in [0.05, 0.1) is 0 Å². The third kappa shape index (κ3) is 3.86. The molecule has 8 heteroatoms. The average Bonchev–Trinajstić information content (AvgIpc) is 3.34. The van der Waals surface area contributed by atoms with Crippen LogP contribution in [-0.2, 0) is 0 Å². The fraction of sp³-hybridized carbons (Fsp3) is 0.227. The summed E-state index contributed by atoms with van der Waals surface area (Å²) < 4.78 is 0. The maximum absolute atomic E-state index is 12.8. The molecule has 0 bridgehead atoms. The van der Waals surface area contributed by atoms with E-state index < -0.39 is 0 Å². The first-order valence-electron chi connectivity index (χ1n) is 9.95. The molecule has 3 aromatic heterocycles. The molecule has 1 aliphatic rings. The molecular formula is C22H20N6OS. The zero-order chi connectivity index (χ0) is 20.3. The molecule has 0 aliphatic carbocycles. The second-order valence-corrected chi connectivity index (χ2v) is 8.11. The zero-order valence-electron chi connectivity index (χ0n) is 16.3. The number of fused-ring (bicyclic) bond motifs is 1. The van der Waals surface area contributed by atoms with Crippen molar-refractivity contribution in [2.45, 2.75) is 19.3 Å². The molecular weight excluding hydrogens is 396 g/mol. The van der Waals surface area contributed by atoms with Crippen LogP contribution in [0.15, 0.2) is 54.3 Å². The Kier molecular flexibility index (Phi) is 5.06. The molecule has 1 amide bonds.